The van der Waals surface area contributed by atoms with Crippen molar-refractivity contribution >= 4 is 9.84 Å². The molecule has 5 heteroatoms. The molecule has 0 spiro atoms. The van der Waals surface area contributed by atoms with Gasteiger partial charge in [-0.25, -0.2) is 8.42 Å². The molecule has 1 atom stereocenters. The van der Waals surface area contributed by atoms with Crippen LogP contribution in [0.4, 0.5) is 0 Å². The van der Waals surface area contributed by atoms with E-state index in [1.165, 1.54) is 0 Å². The molecule has 0 amide bonds. The molecule has 1 unspecified atom stereocenters. The molecule has 0 saturated carbocycles. The fourth-order valence-electron chi connectivity index (χ4n) is 2.94. The van der Waals surface area contributed by atoms with Gasteiger partial charge in [-0.05, 0) is 44.6 Å². The molecule has 0 bridgehead atoms. The zero-order valence-corrected chi connectivity index (χ0v) is 10.4. The number of aliphatic hydroxyl groups is 1. The minimum Gasteiger partial charge on any atom is -0.394 e. The maximum atomic E-state index is 11.3. The second kappa shape index (κ2) is 4.63. The number of rotatable bonds is 3. The van der Waals surface area contributed by atoms with Crippen LogP contribution in [0, 0.1) is 5.92 Å². The van der Waals surface area contributed by atoms with Crippen molar-refractivity contribution in [1.82, 2.24) is 5.32 Å². The third-order valence-electron chi connectivity index (χ3n) is 3.99. The van der Waals surface area contributed by atoms with Crippen LogP contribution in [0.2, 0.25) is 0 Å². The molecule has 0 aromatic rings. The maximum absolute atomic E-state index is 11.3. The first-order chi connectivity index (χ1) is 7.55. The van der Waals surface area contributed by atoms with Crippen LogP contribution in [0.1, 0.15) is 32.1 Å². The number of hydrogen-bond donors (Lipinski definition) is 2. The summed E-state index contributed by atoms with van der Waals surface area (Å²) in [6.45, 7) is 1.15. The highest BCUT2D eigenvalue weighted by molar-refractivity contribution is 7.91. The monoisotopic (exact) mass is 247 g/mol. The van der Waals surface area contributed by atoms with Gasteiger partial charge in [-0.1, -0.05) is 0 Å². The van der Waals surface area contributed by atoms with Crippen molar-refractivity contribution in [3.8, 4) is 0 Å². The molecule has 0 radical (unpaired) electrons. The molecule has 2 N–H and O–H groups in total. The van der Waals surface area contributed by atoms with Crippen molar-refractivity contribution in [3.63, 3.8) is 0 Å². The Labute approximate surface area is 97.3 Å². The fraction of sp³-hybridized carbons (Fsp3) is 1.00. The minimum atomic E-state index is -2.76. The SMILES string of the molecule is O=S1(=O)CCC(CC2(CO)CCCN2)CC1. The van der Waals surface area contributed by atoms with E-state index in [9.17, 15) is 13.5 Å². The number of sulfone groups is 1. The highest BCUT2D eigenvalue weighted by atomic mass is 32.2. The van der Waals surface area contributed by atoms with E-state index in [4.69, 9.17) is 0 Å². The van der Waals surface area contributed by atoms with Crippen molar-refractivity contribution < 1.29 is 13.5 Å². The molecule has 0 aliphatic carbocycles. The molecule has 0 aromatic carbocycles. The topological polar surface area (TPSA) is 66.4 Å². The standard InChI is InChI=1S/C11H21NO3S/c13-9-11(4-1-5-12-11)8-10-2-6-16(14,15)7-3-10/h10,12-13H,1-9H2. The summed E-state index contributed by atoms with van der Waals surface area (Å²) in [6, 6.07) is 0. The third-order valence-corrected chi connectivity index (χ3v) is 5.70. The average Bonchev–Trinajstić information content (AvgIpc) is 2.71. The fourth-order valence-corrected chi connectivity index (χ4v) is 4.53. The molecule has 2 heterocycles. The maximum Gasteiger partial charge on any atom is 0.150 e. The van der Waals surface area contributed by atoms with Crippen molar-refractivity contribution in [3.05, 3.63) is 0 Å². The van der Waals surface area contributed by atoms with Gasteiger partial charge in [0.15, 0.2) is 0 Å². The first kappa shape index (κ1) is 12.3. The Morgan fingerprint density at radius 3 is 2.50 bits per heavy atom. The Hall–Kier alpha value is -0.130. The lowest BCUT2D eigenvalue weighted by Gasteiger charge is -2.33. The summed E-state index contributed by atoms with van der Waals surface area (Å²) in [5.41, 5.74) is -0.119. The number of hydrogen-bond acceptors (Lipinski definition) is 4. The molecule has 2 fully saturated rings. The van der Waals surface area contributed by atoms with Gasteiger partial charge in [0.25, 0.3) is 0 Å². The van der Waals surface area contributed by atoms with Crippen LogP contribution in [0.25, 0.3) is 0 Å². The normalized spacial score (nSPS) is 35.3. The third kappa shape index (κ3) is 2.76. The lowest BCUT2D eigenvalue weighted by molar-refractivity contribution is 0.147. The molecule has 2 aliphatic heterocycles. The summed E-state index contributed by atoms with van der Waals surface area (Å²) in [5, 5.41) is 12.9. The summed E-state index contributed by atoms with van der Waals surface area (Å²) in [6.07, 6.45) is 4.61. The molecular formula is C11H21NO3S. The Balaban J connectivity index is 1.90. The Morgan fingerprint density at radius 1 is 1.31 bits per heavy atom. The van der Waals surface area contributed by atoms with E-state index in [0.29, 0.717) is 17.4 Å². The van der Waals surface area contributed by atoms with Gasteiger partial charge in [0.1, 0.15) is 9.84 Å². The molecule has 0 aromatic heterocycles. The molecule has 2 saturated heterocycles. The van der Waals surface area contributed by atoms with Crippen molar-refractivity contribution in [1.29, 1.82) is 0 Å². The Kier molecular flexibility index (Phi) is 3.56. The number of nitrogens with one attached hydrogen (secondary N) is 1. The van der Waals surface area contributed by atoms with Gasteiger partial charge in [-0.3, -0.25) is 0 Å². The van der Waals surface area contributed by atoms with E-state index in [1.54, 1.807) is 0 Å². The smallest absolute Gasteiger partial charge is 0.150 e. The van der Waals surface area contributed by atoms with Gasteiger partial charge in [0.2, 0.25) is 0 Å². The highest BCUT2D eigenvalue weighted by Crippen LogP contribution is 2.32. The summed E-state index contributed by atoms with van der Waals surface area (Å²) in [5.74, 6) is 1.12. The van der Waals surface area contributed by atoms with Crippen LogP contribution >= 0.6 is 0 Å². The lowest BCUT2D eigenvalue weighted by atomic mass is 9.84. The molecular weight excluding hydrogens is 226 g/mol. The van der Waals surface area contributed by atoms with Gasteiger partial charge < -0.3 is 10.4 Å². The molecule has 94 valence electrons. The Morgan fingerprint density at radius 2 is 2.00 bits per heavy atom. The highest BCUT2D eigenvalue weighted by Gasteiger charge is 2.36. The molecule has 4 nitrogen and oxygen atoms in total. The van der Waals surface area contributed by atoms with Crippen LogP contribution in [-0.2, 0) is 9.84 Å². The van der Waals surface area contributed by atoms with Gasteiger partial charge in [0, 0.05) is 5.54 Å². The van der Waals surface area contributed by atoms with E-state index < -0.39 is 9.84 Å². The molecule has 2 aliphatic rings. The second-order valence-corrected chi connectivity index (χ2v) is 7.57. The summed E-state index contributed by atoms with van der Waals surface area (Å²) >= 11 is 0. The quantitative estimate of drug-likeness (QED) is 0.753. The van der Waals surface area contributed by atoms with E-state index in [-0.39, 0.29) is 12.1 Å². The van der Waals surface area contributed by atoms with Gasteiger partial charge in [-0.2, -0.15) is 0 Å². The van der Waals surface area contributed by atoms with Gasteiger partial charge in [0.05, 0.1) is 18.1 Å². The van der Waals surface area contributed by atoms with Gasteiger partial charge >= 0.3 is 0 Å². The predicted molar refractivity (Wildman–Crippen MR) is 63.0 cm³/mol. The van der Waals surface area contributed by atoms with Crippen LogP contribution < -0.4 is 5.32 Å². The summed E-state index contributed by atoms with van der Waals surface area (Å²) in [7, 11) is -2.76. The lowest BCUT2D eigenvalue weighted by Crippen LogP contribution is -2.45. The van der Waals surface area contributed by atoms with Crippen LogP contribution in [-0.4, -0.2) is 43.7 Å². The van der Waals surface area contributed by atoms with E-state index in [0.717, 1.165) is 38.6 Å². The second-order valence-electron chi connectivity index (χ2n) is 5.27. The van der Waals surface area contributed by atoms with Crippen LogP contribution in [0.3, 0.4) is 0 Å². The first-order valence-electron chi connectivity index (χ1n) is 6.12. The number of aliphatic hydroxyl groups excluding tert-OH is 1. The largest absolute Gasteiger partial charge is 0.394 e. The van der Waals surface area contributed by atoms with Crippen molar-refractivity contribution in [2.24, 2.45) is 5.92 Å². The zero-order chi connectivity index (χ0) is 11.6. The van der Waals surface area contributed by atoms with Crippen molar-refractivity contribution in [2.75, 3.05) is 24.7 Å². The minimum absolute atomic E-state index is 0.119. The van der Waals surface area contributed by atoms with E-state index >= 15 is 0 Å². The van der Waals surface area contributed by atoms with E-state index in [1.807, 2.05) is 0 Å². The zero-order valence-electron chi connectivity index (χ0n) is 9.61. The van der Waals surface area contributed by atoms with E-state index in [2.05, 4.69) is 5.32 Å². The average molecular weight is 247 g/mol. The Bertz CT molecular complexity index is 319. The first-order valence-corrected chi connectivity index (χ1v) is 7.94. The summed E-state index contributed by atoms with van der Waals surface area (Å²) < 4.78 is 22.6. The van der Waals surface area contributed by atoms with Crippen LogP contribution in [0.5, 0.6) is 0 Å². The summed E-state index contributed by atoms with van der Waals surface area (Å²) in [4.78, 5) is 0. The molecule has 2 rings (SSSR count). The van der Waals surface area contributed by atoms with Crippen molar-refractivity contribution in [2.45, 2.75) is 37.6 Å². The van der Waals surface area contributed by atoms with Crippen LogP contribution in [0.15, 0.2) is 0 Å². The molecule has 16 heavy (non-hydrogen) atoms. The van der Waals surface area contributed by atoms with Gasteiger partial charge in [-0.15, -0.1) is 0 Å². The predicted octanol–water partition coefficient (Wildman–Crippen LogP) is 0.316.